The number of para-hydroxylation sites is 1. The number of quaternary nitrogens is 1. The fourth-order valence-electron chi connectivity index (χ4n) is 3.08. The lowest BCUT2D eigenvalue weighted by atomic mass is 10.1. The van der Waals surface area contributed by atoms with Crippen LogP contribution in [0, 0.1) is 0 Å². The van der Waals surface area contributed by atoms with Gasteiger partial charge in [-0.2, -0.15) is 0 Å². The van der Waals surface area contributed by atoms with E-state index < -0.39 is 0 Å². The van der Waals surface area contributed by atoms with Crippen molar-refractivity contribution in [2.24, 2.45) is 0 Å². The molecule has 0 spiro atoms. The van der Waals surface area contributed by atoms with Crippen molar-refractivity contribution < 1.29 is 26.5 Å². The molecule has 2 aromatic carbocycles. The first-order valence-electron chi connectivity index (χ1n) is 9.31. The molecule has 0 aliphatic heterocycles. The van der Waals surface area contributed by atoms with E-state index in [0.717, 1.165) is 37.4 Å². The maximum absolute atomic E-state index is 12.2. The second kappa shape index (κ2) is 10.1. The zero-order chi connectivity index (χ0) is 18.4. The molecule has 0 saturated heterocycles. The summed E-state index contributed by atoms with van der Waals surface area (Å²) in [6.45, 7) is 8.58. The maximum atomic E-state index is 12.2. The van der Waals surface area contributed by atoms with Gasteiger partial charge in [0.1, 0.15) is 17.1 Å². The van der Waals surface area contributed by atoms with Crippen molar-refractivity contribution in [2.75, 3.05) is 26.2 Å². The van der Waals surface area contributed by atoms with Crippen LogP contribution in [0.4, 0.5) is 0 Å². The number of halogens is 1. The topological polar surface area (TPSA) is 43.9 Å². The second-order valence-electron chi connectivity index (χ2n) is 6.40. The van der Waals surface area contributed by atoms with Crippen LogP contribution in [0.1, 0.15) is 20.3 Å². The highest BCUT2D eigenvalue weighted by molar-refractivity contribution is 5.78. The van der Waals surface area contributed by atoms with Gasteiger partial charge < -0.3 is 26.5 Å². The van der Waals surface area contributed by atoms with Crippen LogP contribution in [-0.2, 0) is 0 Å². The van der Waals surface area contributed by atoms with Gasteiger partial charge in [-0.3, -0.25) is 4.79 Å². The van der Waals surface area contributed by atoms with Crippen molar-refractivity contribution in [3.63, 3.8) is 0 Å². The number of rotatable bonds is 8. The molecule has 0 bridgehead atoms. The summed E-state index contributed by atoms with van der Waals surface area (Å²) in [5.41, 5.74) is 1.45. The Bertz CT molecular complexity index is 901. The zero-order valence-electron chi connectivity index (χ0n) is 15.8. The van der Waals surface area contributed by atoms with E-state index in [-0.39, 0.29) is 17.8 Å². The summed E-state index contributed by atoms with van der Waals surface area (Å²) >= 11 is 0. The molecule has 5 heteroatoms. The van der Waals surface area contributed by atoms with Gasteiger partial charge >= 0.3 is 0 Å². The fraction of sp³-hybridized carbons (Fsp3) is 0.318. The van der Waals surface area contributed by atoms with Crippen molar-refractivity contribution in [3.8, 4) is 17.1 Å². The van der Waals surface area contributed by atoms with Gasteiger partial charge in [-0.1, -0.05) is 12.1 Å². The lowest BCUT2D eigenvalue weighted by molar-refractivity contribution is -0.896. The summed E-state index contributed by atoms with van der Waals surface area (Å²) in [7, 11) is 0. The van der Waals surface area contributed by atoms with Crippen molar-refractivity contribution in [3.05, 3.63) is 64.8 Å². The summed E-state index contributed by atoms with van der Waals surface area (Å²) < 4.78 is 11.7. The molecule has 4 nitrogen and oxygen atoms in total. The molecule has 1 N–H and O–H groups in total. The molecule has 1 heterocycles. The van der Waals surface area contributed by atoms with Crippen LogP contribution >= 0.6 is 0 Å². The van der Waals surface area contributed by atoms with Gasteiger partial charge in [0.2, 0.25) is 0 Å². The second-order valence-corrected chi connectivity index (χ2v) is 6.40. The smallest absolute Gasteiger partial charge is 0.193 e. The van der Waals surface area contributed by atoms with Crippen molar-refractivity contribution in [2.45, 2.75) is 20.3 Å². The number of ether oxygens (including phenoxy) is 1. The lowest BCUT2D eigenvalue weighted by Crippen LogP contribution is -3.11. The molecule has 0 amide bonds. The highest BCUT2D eigenvalue weighted by Gasteiger charge is 2.07. The SMILES string of the molecule is CC[NH+](CC)CCCOc1ccc(-c2cc(=O)c3ccccc3o2)cc1.[Cl-]. The minimum absolute atomic E-state index is 0. The molecule has 3 aromatic rings. The van der Waals surface area contributed by atoms with Crippen LogP contribution in [0.5, 0.6) is 5.75 Å². The molecule has 3 rings (SSSR count). The van der Waals surface area contributed by atoms with Crippen LogP contribution in [-0.4, -0.2) is 26.2 Å². The number of nitrogens with one attached hydrogen (secondary N) is 1. The molecule has 0 saturated carbocycles. The van der Waals surface area contributed by atoms with Gasteiger partial charge in [0.15, 0.2) is 5.43 Å². The van der Waals surface area contributed by atoms with Gasteiger partial charge in [-0.15, -0.1) is 0 Å². The molecule has 0 aliphatic carbocycles. The number of benzene rings is 2. The zero-order valence-corrected chi connectivity index (χ0v) is 16.6. The Kier molecular flexibility index (Phi) is 7.89. The van der Waals surface area contributed by atoms with E-state index in [4.69, 9.17) is 9.15 Å². The third-order valence-corrected chi connectivity index (χ3v) is 4.72. The van der Waals surface area contributed by atoms with Gasteiger partial charge in [0, 0.05) is 18.1 Å². The van der Waals surface area contributed by atoms with Crippen LogP contribution in [0.25, 0.3) is 22.3 Å². The highest BCUT2D eigenvalue weighted by atomic mass is 35.5. The highest BCUT2D eigenvalue weighted by Crippen LogP contribution is 2.24. The summed E-state index contributed by atoms with van der Waals surface area (Å²) in [6.07, 6.45) is 1.04. The molecule has 1 aromatic heterocycles. The minimum Gasteiger partial charge on any atom is -1.00 e. The third kappa shape index (κ3) is 5.34. The van der Waals surface area contributed by atoms with E-state index in [1.807, 2.05) is 42.5 Å². The fourth-order valence-corrected chi connectivity index (χ4v) is 3.08. The molecule has 0 radical (unpaired) electrons. The van der Waals surface area contributed by atoms with Crippen molar-refractivity contribution in [1.82, 2.24) is 0 Å². The standard InChI is InChI=1S/C22H25NO3.ClH/c1-3-23(4-2)14-7-15-25-18-12-10-17(11-13-18)22-16-20(24)19-8-5-6-9-21(19)26-22;/h5-6,8-13,16H,3-4,7,14-15H2,1-2H3;1H. The quantitative estimate of drug-likeness (QED) is 0.560. The molecule has 0 fully saturated rings. The van der Waals surface area contributed by atoms with Crippen LogP contribution in [0.15, 0.2) is 63.8 Å². The monoisotopic (exact) mass is 387 g/mol. The van der Waals surface area contributed by atoms with E-state index in [9.17, 15) is 4.79 Å². The first-order valence-corrected chi connectivity index (χ1v) is 9.31. The number of hydrogen-bond acceptors (Lipinski definition) is 3. The van der Waals surface area contributed by atoms with Gasteiger partial charge in [-0.25, -0.2) is 0 Å². The van der Waals surface area contributed by atoms with Crippen LogP contribution < -0.4 is 27.5 Å². The van der Waals surface area contributed by atoms with Crippen LogP contribution in [0.3, 0.4) is 0 Å². The van der Waals surface area contributed by atoms with E-state index >= 15 is 0 Å². The lowest BCUT2D eigenvalue weighted by Gasteiger charge is -2.15. The van der Waals surface area contributed by atoms with Crippen molar-refractivity contribution in [1.29, 1.82) is 0 Å². The molecule has 0 atom stereocenters. The average molecular weight is 388 g/mol. The Morgan fingerprint density at radius 3 is 2.41 bits per heavy atom. The molecule has 0 aliphatic rings. The Morgan fingerprint density at radius 1 is 1.00 bits per heavy atom. The van der Waals surface area contributed by atoms with E-state index in [1.165, 1.54) is 0 Å². The Hall–Kier alpha value is -2.30. The Morgan fingerprint density at radius 2 is 1.70 bits per heavy atom. The predicted molar refractivity (Wildman–Crippen MR) is 105 cm³/mol. The predicted octanol–water partition coefficient (Wildman–Crippen LogP) is 0.158. The summed E-state index contributed by atoms with van der Waals surface area (Å²) in [4.78, 5) is 13.8. The minimum atomic E-state index is -0.0268. The summed E-state index contributed by atoms with van der Waals surface area (Å²) in [5.74, 6) is 1.41. The Labute approximate surface area is 166 Å². The van der Waals surface area contributed by atoms with Gasteiger partial charge in [0.05, 0.1) is 31.6 Å². The summed E-state index contributed by atoms with van der Waals surface area (Å²) in [5, 5.41) is 0.603. The van der Waals surface area contributed by atoms with Gasteiger partial charge in [0.25, 0.3) is 0 Å². The molecule has 144 valence electrons. The molecular formula is C22H26ClNO3. The number of fused-ring (bicyclic) bond motifs is 1. The van der Waals surface area contributed by atoms with E-state index in [0.29, 0.717) is 23.3 Å². The van der Waals surface area contributed by atoms with E-state index in [2.05, 4.69) is 13.8 Å². The van der Waals surface area contributed by atoms with E-state index in [1.54, 1.807) is 17.0 Å². The molecule has 0 unspecified atom stereocenters. The first-order chi connectivity index (χ1) is 12.7. The normalized spacial score (nSPS) is 10.8. The summed E-state index contributed by atoms with van der Waals surface area (Å²) in [6, 6.07) is 16.6. The Balaban J connectivity index is 0.00000261. The van der Waals surface area contributed by atoms with Crippen molar-refractivity contribution >= 4 is 11.0 Å². The van der Waals surface area contributed by atoms with Gasteiger partial charge in [-0.05, 0) is 50.2 Å². The third-order valence-electron chi connectivity index (χ3n) is 4.72. The average Bonchev–Trinajstić information content (AvgIpc) is 2.68. The molecule has 27 heavy (non-hydrogen) atoms. The maximum Gasteiger partial charge on any atom is 0.193 e. The largest absolute Gasteiger partial charge is 1.00 e. The number of hydrogen-bond donors (Lipinski definition) is 1. The van der Waals surface area contributed by atoms with Crippen LogP contribution in [0.2, 0.25) is 0 Å². The first kappa shape index (κ1) is 21.0. The molecular weight excluding hydrogens is 362 g/mol.